The Labute approximate surface area is 111 Å². The first-order valence-corrected chi connectivity index (χ1v) is 7.21. The summed E-state index contributed by atoms with van der Waals surface area (Å²) in [7, 11) is 3.48. The Morgan fingerprint density at radius 2 is 1.94 bits per heavy atom. The van der Waals surface area contributed by atoms with Crippen molar-refractivity contribution in [3.8, 4) is 0 Å². The molecule has 2 heterocycles. The second kappa shape index (κ2) is 5.87. The minimum atomic E-state index is -0.338. The molecule has 1 unspecified atom stereocenters. The molecule has 106 valence electrons. The fourth-order valence-corrected chi connectivity index (χ4v) is 3.55. The SMILES string of the molecule is CCCC1(CN2CC(OC)(OC)C2)CCCNC1. The van der Waals surface area contributed by atoms with Gasteiger partial charge in [0.15, 0.2) is 5.79 Å². The molecule has 2 aliphatic heterocycles. The molecule has 1 N–H and O–H groups in total. The van der Waals surface area contributed by atoms with Crippen LogP contribution in [0.15, 0.2) is 0 Å². The summed E-state index contributed by atoms with van der Waals surface area (Å²) in [4.78, 5) is 2.48. The van der Waals surface area contributed by atoms with E-state index in [0.29, 0.717) is 5.41 Å². The minimum absolute atomic E-state index is 0.338. The molecule has 4 nitrogen and oxygen atoms in total. The molecule has 0 aromatic rings. The molecule has 2 aliphatic rings. The third-order valence-electron chi connectivity index (χ3n) is 4.57. The zero-order chi connectivity index (χ0) is 13.1. The van der Waals surface area contributed by atoms with Gasteiger partial charge >= 0.3 is 0 Å². The summed E-state index contributed by atoms with van der Waals surface area (Å²) in [5.41, 5.74) is 0.473. The standard InChI is InChI=1S/C14H28N2O2/c1-4-6-13(7-5-8-15-9-13)10-16-11-14(12-16,17-2)18-3/h15H,4-12H2,1-3H3. The summed E-state index contributed by atoms with van der Waals surface area (Å²) in [5.74, 6) is -0.338. The lowest BCUT2D eigenvalue weighted by molar-refractivity contribution is -0.279. The summed E-state index contributed by atoms with van der Waals surface area (Å²) in [6, 6.07) is 0. The maximum absolute atomic E-state index is 5.46. The van der Waals surface area contributed by atoms with Crippen molar-refractivity contribution >= 4 is 0 Å². The van der Waals surface area contributed by atoms with Crippen molar-refractivity contribution < 1.29 is 9.47 Å². The van der Waals surface area contributed by atoms with Gasteiger partial charge < -0.3 is 14.8 Å². The van der Waals surface area contributed by atoms with Crippen molar-refractivity contribution in [1.29, 1.82) is 0 Å². The number of nitrogens with zero attached hydrogens (tertiary/aromatic N) is 1. The number of hydrogen-bond donors (Lipinski definition) is 1. The first-order chi connectivity index (χ1) is 8.67. The lowest BCUT2D eigenvalue weighted by Crippen LogP contribution is -2.66. The maximum Gasteiger partial charge on any atom is 0.193 e. The lowest BCUT2D eigenvalue weighted by atomic mass is 9.76. The van der Waals surface area contributed by atoms with Gasteiger partial charge in [-0.05, 0) is 31.2 Å². The second-order valence-electron chi connectivity index (χ2n) is 5.99. The van der Waals surface area contributed by atoms with E-state index in [1.807, 2.05) is 0 Å². The van der Waals surface area contributed by atoms with E-state index >= 15 is 0 Å². The number of piperidine rings is 1. The highest BCUT2D eigenvalue weighted by Crippen LogP contribution is 2.36. The Hall–Kier alpha value is -0.160. The number of rotatable bonds is 6. The minimum Gasteiger partial charge on any atom is -0.351 e. The summed E-state index contributed by atoms with van der Waals surface area (Å²) in [6.07, 6.45) is 5.27. The zero-order valence-corrected chi connectivity index (χ0v) is 12.1. The van der Waals surface area contributed by atoms with Crippen molar-refractivity contribution in [3.63, 3.8) is 0 Å². The van der Waals surface area contributed by atoms with Gasteiger partial charge in [-0.25, -0.2) is 0 Å². The molecule has 2 rings (SSSR count). The average molecular weight is 256 g/mol. The monoisotopic (exact) mass is 256 g/mol. The fraction of sp³-hybridized carbons (Fsp3) is 1.00. The molecule has 0 amide bonds. The van der Waals surface area contributed by atoms with Crippen LogP contribution in [-0.4, -0.2) is 57.6 Å². The maximum atomic E-state index is 5.46. The fourth-order valence-electron chi connectivity index (χ4n) is 3.55. The molecular formula is C14H28N2O2. The van der Waals surface area contributed by atoms with Crippen molar-refractivity contribution in [2.75, 3.05) is 46.9 Å². The average Bonchev–Trinajstić information content (AvgIpc) is 2.35. The van der Waals surface area contributed by atoms with E-state index in [-0.39, 0.29) is 5.79 Å². The Bertz CT molecular complexity index is 247. The van der Waals surface area contributed by atoms with Gasteiger partial charge in [-0.1, -0.05) is 13.3 Å². The van der Waals surface area contributed by atoms with Crippen LogP contribution >= 0.6 is 0 Å². The summed E-state index contributed by atoms with van der Waals surface area (Å²) in [5, 5.41) is 3.57. The third-order valence-corrected chi connectivity index (χ3v) is 4.57. The van der Waals surface area contributed by atoms with Crippen LogP contribution in [0.2, 0.25) is 0 Å². The van der Waals surface area contributed by atoms with Gasteiger partial charge in [0.2, 0.25) is 0 Å². The van der Waals surface area contributed by atoms with Gasteiger partial charge in [0.05, 0.1) is 13.1 Å². The van der Waals surface area contributed by atoms with Crippen LogP contribution in [-0.2, 0) is 9.47 Å². The first-order valence-electron chi connectivity index (χ1n) is 7.21. The predicted octanol–water partition coefficient (Wildman–Crippen LogP) is 1.46. The lowest BCUT2D eigenvalue weighted by Gasteiger charge is -2.52. The van der Waals surface area contributed by atoms with E-state index in [1.165, 1.54) is 45.3 Å². The third kappa shape index (κ3) is 2.87. The van der Waals surface area contributed by atoms with E-state index in [2.05, 4.69) is 17.1 Å². The molecule has 0 spiro atoms. The summed E-state index contributed by atoms with van der Waals surface area (Å²) >= 11 is 0. The molecule has 0 saturated carbocycles. The number of likely N-dealkylation sites (tertiary alicyclic amines) is 1. The van der Waals surface area contributed by atoms with Crippen LogP contribution in [0.4, 0.5) is 0 Å². The number of methoxy groups -OCH3 is 2. The molecule has 4 heteroatoms. The normalized spacial score (nSPS) is 32.2. The van der Waals surface area contributed by atoms with E-state index in [9.17, 15) is 0 Å². The van der Waals surface area contributed by atoms with Gasteiger partial charge in [-0.2, -0.15) is 0 Å². The molecule has 0 aliphatic carbocycles. The van der Waals surface area contributed by atoms with Crippen LogP contribution in [0.25, 0.3) is 0 Å². The van der Waals surface area contributed by atoms with Crippen molar-refractivity contribution in [2.45, 2.75) is 38.4 Å². The molecule has 1 atom stereocenters. The van der Waals surface area contributed by atoms with Crippen molar-refractivity contribution in [2.24, 2.45) is 5.41 Å². The predicted molar refractivity (Wildman–Crippen MR) is 72.6 cm³/mol. The quantitative estimate of drug-likeness (QED) is 0.730. The molecule has 2 fully saturated rings. The van der Waals surface area contributed by atoms with E-state index in [0.717, 1.165) is 13.1 Å². The van der Waals surface area contributed by atoms with E-state index < -0.39 is 0 Å². The molecule has 2 saturated heterocycles. The highest BCUT2D eigenvalue weighted by molar-refractivity contribution is 4.95. The molecule has 0 radical (unpaired) electrons. The van der Waals surface area contributed by atoms with Gasteiger partial charge in [-0.15, -0.1) is 0 Å². The number of hydrogen-bond acceptors (Lipinski definition) is 4. The van der Waals surface area contributed by atoms with Crippen LogP contribution in [0.3, 0.4) is 0 Å². The van der Waals surface area contributed by atoms with Crippen molar-refractivity contribution in [3.05, 3.63) is 0 Å². The van der Waals surface area contributed by atoms with Crippen LogP contribution < -0.4 is 5.32 Å². The van der Waals surface area contributed by atoms with Crippen molar-refractivity contribution in [1.82, 2.24) is 10.2 Å². The Balaban J connectivity index is 1.87. The van der Waals surface area contributed by atoms with E-state index in [4.69, 9.17) is 9.47 Å². The molecular weight excluding hydrogens is 228 g/mol. The van der Waals surface area contributed by atoms with Gasteiger partial charge in [0, 0.05) is 27.3 Å². The molecule has 18 heavy (non-hydrogen) atoms. The Morgan fingerprint density at radius 3 is 2.44 bits per heavy atom. The van der Waals surface area contributed by atoms with E-state index in [1.54, 1.807) is 14.2 Å². The number of ether oxygens (including phenoxy) is 2. The highest BCUT2D eigenvalue weighted by Gasteiger charge is 2.46. The summed E-state index contributed by atoms with van der Waals surface area (Å²) in [6.45, 7) is 7.65. The van der Waals surface area contributed by atoms with Crippen LogP contribution in [0, 0.1) is 5.41 Å². The molecule has 0 aromatic carbocycles. The number of nitrogens with one attached hydrogen (secondary N) is 1. The Kier molecular flexibility index (Phi) is 4.64. The highest BCUT2D eigenvalue weighted by atomic mass is 16.7. The second-order valence-corrected chi connectivity index (χ2v) is 5.99. The topological polar surface area (TPSA) is 33.7 Å². The van der Waals surface area contributed by atoms with Crippen LogP contribution in [0.1, 0.15) is 32.6 Å². The largest absolute Gasteiger partial charge is 0.351 e. The molecule has 0 aromatic heterocycles. The van der Waals surface area contributed by atoms with Crippen LogP contribution in [0.5, 0.6) is 0 Å². The molecule has 0 bridgehead atoms. The smallest absolute Gasteiger partial charge is 0.193 e. The van der Waals surface area contributed by atoms with Gasteiger partial charge in [0.1, 0.15) is 0 Å². The first kappa shape index (κ1) is 14.3. The zero-order valence-electron chi connectivity index (χ0n) is 12.1. The van der Waals surface area contributed by atoms with Gasteiger partial charge in [-0.3, -0.25) is 4.90 Å². The Morgan fingerprint density at radius 1 is 1.22 bits per heavy atom. The summed E-state index contributed by atoms with van der Waals surface area (Å²) < 4.78 is 10.9. The van der Waals surface area contributed by atoms with Gasteiger partial charge in [0.25, 0.3) is 0 Å².